The van der Waals surface area contributed by atoms with Crippen LogP contribution in [0.15, 0.2) is 73.3 Å². The minimum Gasteiger partial charge on any atom is -0.481 e. The predicted molar refractivity (Wildman–Crippen MR) is 237 cm³/mol. The fourth-order valence-corrected chi connectivity index (χ4v) is 7.00. The molecule has 21 heteroatoms. The lowest BCUT2D eigenvalue weighted by molar-refractivity contribution is -0.142. The summed E-state index contributed by atoms with van der Waals surface area (Å²) in [5.74, 6) is -7.44. The highest BCUT2D eigenvalue weighted by Gasteiger charge is 2.34. The van der Waals surface area contributed by atoms with Crippen LogP contribution in [0, 0.1) is 5.41 Å². The molecule has 0 aliphatic rings. The zero-order valence-electron chi connectivity index (χ0n) is 36.0. The molecular weight excluding hydrogens is 846 g/mol. The molecule has 5 amide bonds. The van der Waals surface area contributed by atoms with E-state index >= 15 is 4.39 Å². The molecule has 0 aliphatic carbocycles. The molecule has 2 aromatic heterocycles. The molecule has 0 radical (unpaired) electrons. The SMILES string of the molecule is CCCCCCC(=O)N[C@@H](CCC(=O)O)C(=O)N[C@@H](Cc1c[nH]cn1)C(=O)N[C@H](Cc1ccccc1)C(=O)N[C@@H](CC(F)CNC(=N)N)C(=O)N[C@@H](Cc1c[nH]c2ccccc12)C(=O)O. The van der Waals surface area contributed by atoms with E-state index in [1.807, 2.05) is 6.92 Å². The van der Waals surface area contributed by atoms with Crippen molar-refractivity contribution in [1.82, 2.24) is 46.9 Å². The quantitative estimate of drug-likeness (QED) is 0.0219. The Labute approximate surface area is 374 Å². The van der Waals surface area contributed by atoms with Crippen molar-refractivity contribution in [2.24, 2.45) is 5.73 Å². The van der Waals surface area contributed by atoms with Crippen molar-refractivity contribution in [3.8, 4) is 0 Å². The van der Waals surface area contributed by atoms with Gasteiger partial charge in [0, 0.05) is 68.4 Å². The standard InChI is InChI=1S/C44H58FN11O9/c1-2-3-4-8-15-37(57)52-32(16-17-38(58)59)39(60)55-35(21-29-24-48-25-51-29)42(63)53-33(18-26-11-6-5-7-12-26)40(61)54-34(20-28(45)23-50-44(46)47)41(62)56-36(43(64)65)19-27-22-49-31-14-10-9-13-30(27)31/h5-7,9-14,22,24-25,28,32-36,49H,2-4,8,15-21,23H2,1H3,(H,48,51)(H,52,57)(H,53,63)(H,54,61)(H,55,60)(H,56,62)(H,58,59)(H,64,65)(H4,46,47,50)/t28?,32-,33+,34-,35-,36-/m0/s1. The smallest absolute Gasteiger partial charge is 0.326 e. The lowest BCUT2D eigenvalue weighted by atomic mass is 10.0. The molecular formula is C44H58FN11O9. The fraction of sp³-hybridized carbons (Fsp3) is 0.432. The van der Waals surface area contributed by atoms with Gasteiger partial charge in [-0.25, -0.2) is 14.2 Å². The van der Waals surface area contributed by atoms with Crippen LogP contribution in [0.5, 0.6) is 0 Å². The minimum absolute atomic E-state index is 0.0980. The van der Waals surface area contributed by atoms with Crippen molar-refractivity contribution < 1.29 is 48.2 Å². The summed E-state index contributed by atoms with van der Waals surface area (Å²) in [5, 5.41) is 42.7. The molecule has 0 saturated heterocycles. The third kappa shape index (κ3) is 17.1. The van der Waals surface area contributed by atoms with Crippen LogP contribution in [0.1, 0.15) is 75.1 Å². The van der Waals surface area contributed by atoms with Crippen LogP contribution in [-0.4, -0.2) is 116 Å². The molecule has 350 valence electrons. The van der Waals surface area contributed by atoms with Gasteiger partial charge in [-0.15, -0.1) is 0 Å². The lowest BCUT2D eigenvalue weighted by Gasteiger charge is -2.27. The van der Waals surface area contributed by atoms with E-state index in [1.54, 1.807) is 60.8 Å². The number of H-pyrrole nitrogens is 2. The van der Waals surface area contributed by atoms with Crippen LogP contribution in [-0.2, 0) is 52.8 Å². The summed E-state index contributed by atoms with van der Waals surface area (Å²) in [6, 6.07) is 8.07. The first-order chi connectivity index (χ1) is 31.1. The second-order valence-corrected chi connectivity index (χ2v) is 15.6. The number of nitrogens with one attached hydrogen (secondary N) is 9. The van der Waals surface area contributed by atoms with Gasteiger partial charge in [-0.2, -0.15) is 0 Å². The van der Waals surface area contributed by atoms with Crippen molar-refractivity contribution in [2.45, 2.75) is 114 Å². The second-order valence-electron chi connectivity index (χ2n) is 15.6. The molecule has 0 aliphatic heterocycles. The number of unbranched alkanes of at least 4 members (excludes halogenated alkanes) is 3. The molecule has 4 aromatic rings. The Bertz CT molecular complexity index is 2220. The summed E-state index contributed by atoms with van der Waals surface area (Å²) in [4.78, 5) is 103. The number of benzene rings is 2. The summed E-state index contributed by atoms with van der Waals surface area (Å²) < 4.78 is 15.5. The predicted octanol–water partition coefficient (Wildman–Crippen LogP) is 1.47. The first-order valence-electron chi connectivity index (χ1n) is 21.4. The van der Waals surface area contributed by atoms with Gasteiger partial charge >= 0.3 is 11.9 Å². The van der Waals surface area contributed by atoms with Crippen LogP contribution >= 0.6 is 0 Å². The van der Waals surface area contributed by atoms with Gasteiger partial charge in [0.15, 0.2) is 5.96 Å². The molecule has 1 unspecified atom stereocenters. The van der Waals surface area contributed by atoms with Crippen molar-refractivity contribution >= 4 is 58.3 Å². The lowest BCUT2D eigenvalue weighted by Crippen LogP contribution is -2.60. The highest BCUT2D eigenvalue weighted by atomic mass is 19.1. The first kappa shape index (κ1) is 50.3. The number of hydrogen-bond acceptors (Lipinski definition) is 9. The molecule has 20 nitrogen and oxygen atoms in total. The number of nitrogens with two attached hydrogens (primary N) is 1. The second kappa shape index (κ2) is 25.7. The zero-order valence-corrected chi connectivity index (χ0v) is 36.0. The number of carboxylic acid groups (broad SMARTS) is 2. The number of hydrogen-bond donors (Lipinski definition) is 12. The Morgan fingerprint density at radius 1 is 0.738 bits per heavy atom. The number of halogens is 1. The summed E-state index contributed by atoms with van der Waals surface area (Å²) in [6.07, 6.45) is 3.78. The molecule has 0 spiro atoms. The zero-order chi connectivity index (χ0) is 47.3. The van der Waals surface area contributed by atoms with Crippen molar-refractivity contribution in [3.63, 3.8) is 0 Å². The number of aliphatic carboxylic acids is 2. The van der Waals surface area contributed by atoms with Gasteiger partial charge in [0.05, 0.1) is 12.0 Å². The third-order valence-electron chi connectivity index (χ3n) is 10.4. The monoisotopic (exact) mass is 903 g/mol. The van der Waals surface area contributed by atoms with Gasteiger partial charge in [0.1, 0.15) is 36.4 Å². The number of carbonyl (C=O) groups excluding carboxylic acids is 5. The maximum Gasteiger partial charge on any atom is 0.326 e. The highest BCUT2D eigenvalue weighted by Crippen LogP contribution is 2.20. The van der Waals surface area contributed by atoms with Crippen molar-refractivity contribution in [3.05, 3.63) is 90.1 Å². The molecule has 4 rings (SSSR count). The average molecular weight is 904 g/mol. The van der Waals surface area contributed by atoms with E-state index in [0.717, 1.165) is 30.2 Å². The Morgan fingerprint density at radius 2 is 1.37 bits per heavy atom. The van der Waals surface area contributed by atoms with Crippen molar-refractivity contribution in [2.75, 3.05) is 6.54 Å². The molecule has 0 saturated carbocycles. The van der Waals surface area contributed by atoms with Gasteiger partial charge < -0.3 is 57.8 Å². The largest absolute Gasteiger partial charge is 0.481 e. The van der Waals surface area contributed by atoms with E-state index < -0.39 is 103 Å². The molecule has 13 N–H and O–H groups in total. The summed E-state index contributed by atoms with van der Waals surface area (Å²) in [7, 11) is 0. The van der Waals surface area contributed by atoms with Crippen LogP contribution < -0.4 is 37.6 Å². The van der Waals surface area contributed by atoms with Gasteiger partial charge in [0.25, 0.3) is 0 Å². The van der Waals surface area contributed by atoms with E-state index in [9.17, 15) is 43.8 Å². The summed E-state index contributed by atoms with van der Waals surface area (Å²) >= 11 is 0. The highest BCUT2D eigenvalue weighted by molar-refractivity contribution is 5.96. The Morgan fingerprint density at radius 3 is 2.02 bits per heavy atom. The average Bonchev–Trinajstić information content (AvgIpc) is 3.95. The molecule has 0 bridgehead atoms. The topological polar surface area (TPSA) is 326 Å². The van der Waals surface area contributed by atoms with Crippen LogP contribution in [0.4, 0.5) is 4.39 Å². The molecule has 65 heavy (non-hydrogen) atoms. The number of amides is 5. The number of guanidine groups is 1. The van der Waals surface area contributed by atoms with Crippen LogP contribution in [0.25, 0.3) is 10.9 Å². The fourth-order valence-electron chi connectivity index (χ4n) is 7.00. The van der Waals surface area contributed by atoms with Crippen LogP contribution in [0.2, 0.25) is 0 Å². The first-order valence-corrected chi connectivity index (χ1v) is 21.4. The van der Waals surface area contributed by atoms with E-state index in [2.05, 4.69) is 46.9 Å². The van der Waals surface area contributed by atoms with Crippen molar-refractivity contribution in [1.29, 1.82) is 5.41 Å². The number of aromatic nitrogens is 3. The number of aromatic amines is 2. The van der Waals surface area contributed by atoms with E-state index in [0.29, 0.717) is 23.2 Å². The Kier molecular flexibility index (Phi) is 19.9. The molecule has 2 heterocycles. The van der Waals surface area contributed by atoms with E-state index in [-0.39, 0.29) is 32.1 Å². The van der Waals surface area contributed by atoms with Gasteiger partial charge in [0.2, 0.25) is 29.5 Å². The molecule has 2 aromatic carbocycles. The number of alkyl halides is 1. The van der Waals surface area contributed by atoms with Gasteiger partial charge in [-0.05, 0) is 30.0 Å². The summed E-state index contributed by atoms with van der Waals surface area (Å²) in [5.41, 5.74) is 7.52. The normalized spacial score (nSPS) is 13.8. The third-order valence-corrected chi connectivity index (χ3v) is 10.4. The Balaban J connectivity index is 1.60. The van der Waals surface area contributed by atoms with E-state index in [1.165, 1.54) is 12.5 Å². The maximum atomic E-state index is 15.5. The Hall–Kier alpha value is -7.32. The maximum absolute atomic E-state index is 15.5. The van der Waals surface area contributed by atoms with Gasteiger partial charge in [-0.1, -0.05) is 74.7 Å². The minimum atomic E-state index is -1.90. The number of imidazole rings is 1. The number of carboxylic acids is 2. The number of rotatable bonds is 28. The number of carbonyl (C=O) groups is 7. The number of para-hydroxylation sites is 1. The molecule has 6 atom stereocenters. The molecule has 0 fully saturated rings. The number of fused-ring (bicyclic) bond motifs is 1. The summed E-state index contributed by atoms with van der Waals surface area (Å²) in [6.45, 7) is 1.48. The van der Waals surface area contributed by atoms with Gasteiger partial charge in [-0.3, -0.25) is 34.2 Å². The van der Waals surface area contributed by atoms with E-state index in [4.69, 9.17) is 11.1 Å². The van der Waals surface area contributed by atoms with Crippen LogP contribution in [0.3, 0.4) is 0 Å². The number of nitrogens with zero attached hydrogens (tertiary/aromatic N) is 1.